The molecule has 0 saturated heterocycles. The second-order valence-electron chi connectivity index (χ2n) is 11.3. The molecule has 1 N–H and O–H groups in total. The number of benzene rings is 2. The maximum Gasteiger partial charge on any atom is 0.240 e. The van der Waals surface area contributed by atoms with Gasteiger partial charge in [-0.25, -0.2) is 4.68 Å². The molecule has 0 spiro atoms. The fourth-order valence-corrected chi connectivity index (χ4v) is 5.92. The highest BCUT2D eigenvalue weighted by molar-refractivity contribution is 8.00. The van der Waals surface area contributed by atoms with Crippen molar-refractivity contribution in [1.82, 2.24) is 20.0 Å². The van der Waals surface area contributed by atoms with Crippen LogP contribution >= 0.6 is 11.8 Å². The number of amides is 2. The van der Waals surface area contributed by atoms with Crippen molar-refractivity contribution in [2.75, 3.05) is 44.4 Å². The van der Waals surface area contributed by atoms with Crippen molar-refractivity contribution in [2.24, 2.45) is 0 Å². The van der Waals surface area contributed by atoms with Gasteiger partial charge in [0.1, 0.15) is 12.4 Å². The van der Waals surface area contributed by atoms with Crippen LogP contribution in [0.15, 0.2) is 48.5 Å². The van der Waals surface area contributed by atoms with E-state index in [1.807, 2.05) is 48.8 Å². The molecule has 2 heterocycles. The van der Waals surface area contributed by atoms with Crippen molar-refractivity contribution in [3.8, 4) is 5.69 Å². The Morgan fingerprint density at radius 1 is 1.11 bits per heavy atom. The van der Waals surface area contributed by atoms with E-state index >= 15 is 0 Å². The fraction of sp³-hybridized carbons (Fsp3) is 0.433. The molecule has 0 saturated carbocycles. The lowest BCUT2D eigenvalue weighted by Gasteiger charge is -2.25. The summed E-state index contributed by atoms with van der Waals surface area (Å²) in [5.41, 5.74) is 5.92. The predicted molar refractivity (Wildman–Crippen MR) is 156 cm³/mol. The molecule has 0 radical (unpaired) electrons. The van der Waals surface area contributed by atoms with Gasteiger partial charge in [-0.3, -0.25) is 14.5 Å². The Labute approximate surface area is 230 Å². The van der Waals surface area contributed by atoms with E-state index in [-0.39, 0.29) is 34.8 Å². The Kier molecular flexibility index (Phi) is 8.33. The van der Waals surface area contributed by atoms with Gasteiger partial charge in [0.25, 0.3) is 0 Å². The number of anilines is 1. The van der Waals surface area contributed by atoms with Crippen molar-refractivity contribution in [1.29, 1.82) is 0 Å². The van der Waals surface area contributed by atoms with Crippen LogP contribution in [0.4, 0.5) is 5.82 Å². The molecular weight excluding hydrogens is 494 g/mol. The van der Waals surface area contributed by atoms with Crippen molar-refractivity contribution in [3.63, 3.8) is 0 Å². The van der Waals surface area contributed by atoms with Gasteiger partial charge in [0.05, 0.1) is 22.4 Å². The molecule has 202 valence electrons. The summed E-state index contributed by atoms with van der Waals surface area (Å²) < 4.78 is 1.88. The minimum absolute atomic E-state index is 0.0541. The second-order valence-corrected chi connectivity index (χ2v) is 12.4. The summed E-state index contributed by atoms with van der Waals surface area (Å²) in [6.45, 7) is 11.8. The van der Waals surface area contributed by atoms with Gasteiger partial charge in [0.2, 0.25) is 11.8 Å². The largest absolute Gasteiger partial charge is 0.353 e. The summed E-state index contributed by atoms with van der Waals surface area (Å²) in [5.74, 6) is 0.683. The summed E-state index contributed by atoms with van der Waals surface area (Å²) in [6, 6.07) is 16.6. The van der Waals surface area contributed by atoms with Gasteiger partial charge in [0, 0.05) is 24.1 Å². The smallest absolute Gasteiger partial charge is 0.240 e. The molecule has 8 heteroatoms. The van der Waals surface area contributed by atoms with Gasteiger partial charge < -0.3 is 10.2 Å². The van der Waals surface area contributed by atoms with E-state index in [0.717, 1.165) is 34.6 Å². The Hall–Kier alpha value is -3.10. The maximum atomic E-state index is 13.7. The molecule has 1 aliphatic heterocycles. The van der Waals surface area contributed by atoms with Crippen LogP contribution in [-0.2, 0) is 15.0 Å². The molecule has 1 aromatic heterocycles. The number of aryl methyl sites for hydroxylation is 2. The quantitative estimate of drug-likeness (QED) is 0.479. The first kappa shape index (κ1) is 27.9. The Morgan fingerprint density at radius 3 is 2.42 bits per heavy atom. The molecule has 3 aromatic rings. The molecule has 4 rings (SSSR count). The lowest BCUT2D eigenvalue weighted by atomic mass is 9.87. The third kappa shape index (κ3) is 6.13. The van der Waals surface area contributed by atoms with Crippen molar-refractivity contribution in [2.45, 2.75) is 45.3 Å². The number of likely N-dealkylation sites (N-methyl/N-ethyl adjacent to an activating group) is 1. The lowest BCUT2D eigenvalue weighted by Crippen LogP contribution is -2.43. The number of thioether (sulfide) groups is 1. The standard InChI is InChI=1S/C30H39N5O2S/c1-20-10-8-12-22(16-20)27-26-28(30(3,4)5)32-35(23-13-9-11-21(2)17-23)29(26)34(25(37)19-38-27)18-24(36)31-14-15-33(6)7/h8-13,16-17,27H,14-15,18-19H2,1-7H3,(H,31,36)/t27-/m0/s1. The first-order chi connectivity index (χ1) is 18.0. The van der Waals surface area contributed by atoms with E-state index in [1.54, 1.807) is 16.7 Å². The van der Waals surface area contributed by atoms with E-state index < -0.39 is 0 Å². The van der Waals surface area contributed by atoms with E-state index in [1.165, 1.54) is 5.56 Å². The zero-order valence-electron chi connectivity index (χ0n) is 23.5. The van der Waals surface area contributed by atoms with Crippen LogP contribution in [0.25, 0.3) is 5.69 Å². The summed E-state index contributed by atoms with van der Waals surface area (Å²) in [7, 11) is 3.93. The molecule has 7 nitrogen and oxygen atoms in total. The van der Waals surface area contributed by atoms with E-state index in [2.05, 4.69) is 63.3 Å². The molecule has 0 fully saturated rings. The summed E-state index contributed by atoms with van der Waals surface area (Å²) in [4.78, 5) is 30.5. The first-order valence-electron chi connectivity index (χ1n) is 13.1. The van der Waals surface area contributed by atoms with E-state index in [9.17, 15) is 9.59 Å². The SMILES string of the molecule is Cc1cccc([C@@H]2SCC(=O)N(CC(=O)NCCN(C)C)c3c2c(C(C)(C)C)nn3-c2cccc(C)c2)c1. The summed E-state index contributed by atoms with van der Waals surface area (Å²) in [6.07, 6.45) is 0. The molecule has 0 bridgehead atoms. The zero-order valence-corrected chi connectivity index (χ0v) is 24.4. The molecule has 0 aliphatic carbocycles. The second kappa shape index (κ2) is 11.3. The Balaban J connectivity index is 1.93. The number of fused-ring (bicyclic) bond motifs is 1. The maximum absolute atomic E-state index is 13.7. The number of hydrogen-bond acceptors (Lipinski definition) is 5. The number of carbonyl (C=O) groups excluding carboxylic acids is 2. The van der Waals surface area contributed by atoms with Gasteiger partial charge in [0.15, 0.2) is 0 Å². The predicted octanol–water partition coefficient (Wildman–Crippen LogP) is 4.63. The topological polar surface area (TPSA) is 70.5 Å². The van der Waals surface area contributed by atoms with Gasteiger partial charge >= 0.3 is 0 Å². The highest BCUT2D eigenvalue weighted by Crippen LogP contribution is 2.48. The number of carbonyl (C=O) groups is 2. The van der Waals surface area contributed by atoms with Crippen molar-refractivity contribution < 1.29 is 9.59 Å². The molecular formula is C30H39N5O2S. The molecule has 2 amide bonds. The summed E-state index contributed by atoms with van der Waals surface area (Å²) >= 11 is 1.61. The lowest BCUT2D eigenvalue weighted by molar-refractivity contribution is -0.122. The normalized spacial score (nSPS) is 15.9. The number of rotatable bonds is 7. The summed E-state index contributed by atoms with van der Waals surface area (Å²) in [5, 5.41) is 8.05. The molecule has 1 atom stereocenters. The van der Waals surface area contributed by atoms with Crippen LogP contribution in [0.1, 0.15) is 54.0 Å². The molecule has 2 aromatic carbocycles. The van der Waals surface area contributed by atoms with Crippen LogP contribution < -0.4 is 10.2 Å². The Morgan fingerprint density at radius 2 is 1.79 bits per heavy atom. The third-order valence-electron chi connectivity index (χ3n) is 6.57. The first-order valence-corrected chi connectivity index (χ1v) is 14.1. The van der Waals surface area contributed by atoms with E-state index in [0.29, 0.717) is 12.4 Å². The third-order valence-corrected chi connectivity index (χ3v) is 7.83. The molecule has 0 unspecified atom stereocenters. The Bertz CT molecular complexity index is 1320. The number of aromatic nitrogens is 2. The molecule has 1 aliphatic rings. The van der Waals surface area contributed by atoms with Gasteiger partial charge in [-0.05, 0) is 51.2 Å². The average Bonchev–Trinajstić information content (AvgIpc) is 3.17. The van der Waals surface area contributed by atoms with Crippen LogP contribution in [0, 0.1) is 13.8 Å². The average molecular weight is 534 g/mol. The van der Waals surface area contributed by atoms with Gasteiger partial charge in [-0.2, -0.15) is 5.10 Å². The minimum atomic E-state index is -0.283. The highest BCUT2D eigenvalue weighted by Gasteiger charge is 2.39. The van der Waals surface area contributed by atoms with E-state index in [4.69, 9.17) is 5.10 Å². The number of hydrogen-bond donors (Lipinski definition) is 1. The number of nitrogens with zero attached hydrogens (tertiary/aromatic N) is 4. The van der Waals surface area contributed by atoms with Crippen LogP contribution in [0.2, 0.25) is 0 Å². The zero-order chi connectivity index (χ0) is 27.6. The fourth-order valence-electron chi connectivity index (χ4n) is 4.73. The molecule has 38 heavy (non-hydrogen) atoms. The van der Waals surface area contributed by atoms with Crippen molar-refractivity contribution in [3.05, 3.63) is 76.5 Å². The van der Waals surface area contributed by atoms with Crippen molar-refractivity contribution >= 4 is 29.4 Å². The number of nitrogens with one attached hydrogen (secondary N) is 1. The highest BCUT2D eigenvalue weighted by atomic mass is 32.2. The monoisotopic (exact) mass is 533 g/mol. The van der Waals surface area contributed by atoms with Crippen LogP contribution in [0.5, 0.6) is 0 Å². The van der Waals surface area contributed by atoms with Crippen LogP contribution in [0.3, 0.4) is 0 Å². The minimum Gasteiger partial charge on any atom is -0.353 e. The van der Waals surface area contributed by atoms with Gasteiger partial charge in [-0.1, -0.05) is 62.7 Å². The van der Waals surface area contributed by atoms with Crippen LogP contribution in [-0.4, -0.2) is 66.0 Å². The van der Waals surface area contributed by atoms with Gasteiger partial charge in [-0.15, -0.1) is 11.8 Å².